The van der Waals surface area contributed by atoms with E-state index >= 15 is 0 Å². The quantitative estimate of drug-likeness (QED) is 0.748. The van der Waals surface area contributed by atoms with Crippen LogP contribution in [-0.2, 0) is 0 Å². The van der Waals surface area contributed by atoms with Gasteiger partial charge in [-0.1, -0.05) is 11.6 Å². The topological polar surface area (TPSA) is 42.9 Å². The molecule has 16 heavy (non-hydrogen) atoms. The van der Waals surface area contributed by atoms with E-state index in [1.54, 1.807) is 19.1 Å². The van der Waals surface area contributed by atoms with Crippen LogP contribution in [-0.4, -0.2) is 16.3 Å². The molecule has 0 aliphatic rings. The zero-order chi connectivity index (χ0) is 11.5. The van der Waals surface area contributed by atoms with Gasteiger partial charge in [-0.3, -0.25) is 4.79 Å². The molecule has 1 heterocycles. The number of nitrogens with zero attached hydrogens (tertiary/aromatic N) is 2. The number of aromatic nitrogens is 2. The maximum atomic E-state index is 10.6. The molecule has 0 saturated carbocycles. The molecular formula is C12H9ClN2O. The third-order valence-electron chi connectivity index (χ3n) is 2.25. The fourth-order valence-electron chi connectivity index (χ4n) is 1.33. The van der Waals surface area contributed by atoms with Gasteiger partial charge in [-0.25, -0.2) is 9.97 Å². The lowest BCUT2D eigenvalue weighted by Gasteiger charge is -2.02. The van der Waals surface area contributed by atoms with Gasteiger partial charge in [0.15, 0.2) is 12.1 Å². The Hall–Kier alpha value is -1.74. The first-order valence-corrected chi connectivity index (χ1v) is 5.13. The molecule has 0 aliphatic carbocycles. The molecule has 0 radical (unpaired) electrons. The average molecular weight is 233 g/mol. The molecule has 0 saturated heterocycles. The fraction of sp³-hybridized carbons (Fsp3) is 0.0833. The summed E-state index contributed by atoms with van der Waals surface area (Å²) in [5.41, 5.74) is 2.07. The highest BCUT2D eigenvalue weighted by Gasteiger charge is 2.04. The standard InChI is InChI=1S/C12H9ClN2O/c1-8-10(7-16)6-14-12(15-8)9-2-4-11(13)5-3-9/h2-7H,1H3. The van der Waals surface area contributed by atoms with Gasteiger partial charge in [-0.15, -0.1) is 0 Å². The van der Waals surface area contributed by atoms with Crippen molar-refractivity contribution in [2.45, 2.75) is 6.92 Å². The molecule has 0 aliphatic heterocycles. The highest BCUT2D eigenvalue weighted by atomic mass is 35.5. The van der Waals surface area contributed by atoms with Gasteiger partial charge < -0.3 is 0 Å². The highest BCUT2D eigenvalue weighted by Crippen LogP contribution is 2.18. The first-order valence-electron chi connectivity index (χ1n) is 4.75. The second-order valence-corrected chi connectivity index (χ2v) is 3.80. The van der Waals surface area contributed by atoms with Crippen LogP contribution in [0.3, 0.4) is 0 Å². The minimum Gasteiger partial charge on any atom is -0.298 e. The SMILES string of the molecule is Cc1nc(-c2ccc(Cl)cc2)ncc1C=O. The Kier molecular flexibility index (Phi) is 2.97. The van der Waals surface area contributed by atoms with Crippen LogP contribution in [0.2, 0.25) is 5.02 Å². The second-order valence-electron chi connectivity index (χ2n) is 3.36. The lowest BCUT2D eigenvalue weighted by Crippen LogP contribution is -1.96. The van der Waals surface area contributed by atoms with Crippen LogP contribution >= 0.6 is 11.6 Å². The van der Waals surface area contributed by atoms with Crippen LogP contribution in [0.1, 0.15) is 16.1 Å². The largest absolute Gasteiger partial charge is 0.298 e. The first kappa shape index (κ1) is 10.8. The Labute approximate surface area is 98.1 Å². The third kappa shape index (κ3) is 2.09. The van der Waals surface area contributed by atoms with Gasteiger partial charge in [-0.2, -0.15) is 0 Å². The van der Waals surface area contributed by atoms with Crippen molar-refractivity contribution in [3.05, 3.63) is 46.7 Å². The van der Waals surface area contributed by atoms with Crippen LogP contribution in [0.15, 0.2) is 30.5 Å². The summed E-state index contributed by atoms with van der Waals surface area (Å²) in [6, 6.07) is 7.25. The molecular weight excluding hydrogens is 224 g/mol. The Bertz CT molecular complexity index is 523. The average Bonchev–Trinajstić information content (AvgIpc) is 2.30. The van der Waals surface area contributed by atoms with Crippen molar-refractivity contribution in [2.24, 2.45) is 0 Å². The predicted octanol–water partition coefficient (Wildman–Crippen LogP) is 2.92. The molecule has 1 aromatic heterocycles. The van der Waals surface area contributed by atoms with Crippen molar-refractivity contribution in [2.75, 3.05) is 0 Å². The number of aryl methyl sites for hydroxylation is 1. The normalized spacial score (nSPS) is 10.1. The van der Waals surface area contributed by atoms with E-state index in [0.717, 1.165) is 11.8 Å². The molecule has 3 nitrogen and oxygen atoms in total. The molecule has 0 amide bonds. The molecule has 1 aromatic carbocycles. The fourth-order valence-corrected chi connectivity index (χ4v) is 1.46. The maximum Gasteiger partial charge on any atom is 0.159 e. The number of carbonyl (C=O) groups is 1. The van der Waals surface area contributed by atoms with Gasteiger partial charge in [0.1, 0.15) is 0 Å². The molecule has 2 aromatic rings. The van der Waals surface area contributed by atoms with E-state index in [-0.39, 0.29) is 0 Å². The predicted molar refractivity (Wildman–Crippen MR) is 62.6 cm³/mol. The van der Waals surface area contributed by atoms with E-state index in [2.05, 4.69) is 9.97 Å². The maximum absolute atomic E-state index is 10.6. The zero-order valence-corrected chi connectivity index (χ0v) is 9.40. The summed E-state index contributed by atoms with van der Waals surface area (Å²) < 4.78 is 0. The number of rotatable bonds is 2. The van der Waals surface area contributed by atoms with Crippen LogP contribution < -0.4 is 0 Å². The second kappa shape index (κ2) is 4.41. The summed E-state index contributed by atoms with van der Waals surface area (Å²) in [7, 11) is 0. The molecule has 0 N–H and O–H groups in total. The lowest BCUT2D eigenvalue weighted by molar-refractivity contribution is 0.112. The number of benzene rings is 1. The van der Waals surface area contributed by atoms with Crippen LogP contribution in [0, 0.1) is 6.92 Å². The van der Waals surface area contributed by atoms with Gasteiger partial charge in [-0.05, 0) is 31.2 Å². The zero-order valence-electron chi connectivity index (χ0n) is 8.64. The van der Waals surface area contributed by atoms with Crippen LogP contribution in [0.25, 0.3) is 11.4 Å². The van der Waals surface area contributed by atoms with Gasteiger partial charge in [0, 0.05) is 16.8 Å². The van der Waals surface area contributed by atoms with Crippen molar-refractivity contribution < 1.29 is 4.79 Å². The molecule has 0 bridgehead atoms. The Morgan fingerprint density at radius 3 is 2.50 bits per heavy atom. The minimum absolute atomic E-state index is 0.512. The summed E-state index contributed by atoms with van der Waals surface area (Å²) in [4.78, 5) is 19.0. The number of hydrogen-bond acceptors (Lipinski definition) is 3. The van der Waals surface area contributed by atoms with E-state index in [1.165, 1.54) is 6.20 Å². The van der Waals surface area contributed by atoms with Crippen molar-refractivity contribution >= 4 is 17.9 Å². The number of carbonyl (C=O) groups excluding carboxylic acids is 1. The van der Waals surface area contributed by atoms with E-state index in [4.69, 9.17) is 11.6 Å². The monoisotopic (exact) mass is 232 g/mol. The van der Waals surface area contributed by atoms with Gasteiger partial charge in [0.05, 0.1) is 11.3 Å². The summed E-state index contributed by atoms with van der Waals surface area (Å²) >= 11 is 5.79. The number of aldehydes is 1. The Morgan fingerprint density at radius 2 is 1.94 bits per heavy atom. The summed E-state index contributed by atoms with van der Waals surface area (Å²) in [5, 5.41) is 0.671. The summed E-state index contributed by atoms with van der Waals surface area (Å²) in [6.45, 7) is 1.78. The smallest absolute Gasteiger partial charge is 0.159 e. The van der Waals surface area contributed by atoms with Crippen LogP contribution in [0.5, 0.6) is 0 Å². The molecule has 0 fully saturated rings. The molecule has 80 valence electrons. The lowest BCUT2D eigenvalue weighted by atomic mass is 10.2. The van der Waals surface area contributed by atoms with E-state index in [9.17, 15) is 4.79 Å². The number of halogens is 1. The van der Waals surface area contributed by atoms with E-state index in [1.807, 2.05) is 12.1 Å². The third-order valence-corrected chi connectivity index (χ3v) is 2.50. The van der Waals surface area contributed by atoms with Gasteiger partial charge >= 0.3 is 0 Å². The minimum atomic E-state index is 0.512. The Morgan fingerprint density at radius 1 is 1.25 bits per heavy atom. The van der Waals surface area contributed by atoms with Gasteiger partial charge in [0.25, 0.3) is 0 Å². The summed E-state index contributed by atoms with van der Waals surface area (Å²) in [6.07, 6.45) is 2.28. The van der Waals surface area contributed by atoms with Crippen molar-refractivity contribution in [1.82, 2.24) is 9.97 Å². The molecule has 0 spiro atoms. The van der Waals surface area contributed by atoms with E-state index < -0.39 is 0 Å². The van der Waals surface area contributed by atoms with Crippen molar-refractivity contribution in [3.8, 4) is 11.4 Å². The molecule has 4 heteroatoms. The van der Waals surface area contributed by atoms with E-state index in [0.29, 0.717) is 22.1 Å². The highest BCUT2D eigenvalue weighted by molar-refractivity contribution is 6.30. The van der Waals surface area contributed by atoms with Crippen molar-refractivity contribution in [1.29, 1.82) is 0 Å². The van der Waals surface area contributed by atoms with Gasteiger partial charge in [0.2, 0.25) is 0 Å². The number of hydrogen-bond donors (Lipinski definition) is 0. The molecule has 2 rings (SSSR count). The van der Waals surface area contributed by atoms with Crippen LogP contribution in [0.4, 0.5) is 0 Å². The van der Waals surface area contributed by atoms with Crippen molar-refractivity contribution in [3.63, 3.8) is 0 Å². The molecule has 0 atom stereocenters. The first-order chi connectivity index (χ1) is 7.70. The Balaban J connectivity index is 2.45. The summed E-state index contributed by atoms with van der Waals surface area (Å²) in [5.74, 6) is 0.597. The molecule has 0 unspecified atom stereocenters.